The van der Waals surface area contributed by atoms with Gasteiger partial charge in [0.1, 0.15) is 5.69 Å². The normalized spacial score (nSPS) is 10.4. The van der Waals surface area contributed by atoms with Gasteiger partial charge in [-0.05, 0) is 48.2 Å². The second-order valence-electron chi connectivity index (χ2n) is 6.06. The number of hydrogen-bond donors (Lipinski definition) is 1. The fourth-order valence-corrected chi connectivity index (χ4v) is 2.74. The smallest absolute Gasteiger partial charge is 0.293 e. The summed E-state index contributed by atoms with van der Waals surface area (Å²) in [4.78, 5) is 23.3. The molecule has 0 radical (unpaired) electrons. The van der Waals surface area contributed by atoms with E-state index in [-0.39, 0.29) is 17.3 Å². The first-order valence-corrected chi connectivity index (χ1v) is 8.19. The van der Waals surface area contributed by atoms with Crippen LogP contribution < -0.4 is 5.32 Å². The Labute approximate surface area is 151 Å². The lowest BCUT2D eigenvalue weighted by Crippen LogP contribution is -2.14. The van der Waals surface area contributed by atoms with Crippen molar-refractivity contribution in [3.63, 3.8) is 0 Å². The summed E-state index contributed by atoms with van der Waals surface area (Å²) in [7, 11) is 0. The zero-order valence-electron chi connectivity index (χ0n) is 14.5. The highest BCUT2D eigenvalue weighted by Gasteiger charge is 2.20. The fraction of sp³-hybridized carbons (Fsp3) is 0.0952. The maximum Gasteiger partial charge on any atom is 0.293 e. The van der Waals surface area contributed by atoms with Crippen LogP contribution in [0.25, 0.3) is 11.1 Å². The molecule has 3 aromatic rings. The van der Waals surface area contributed by atoms with Gasteiger partial charge < -0.3 is 5.32 Å². The molecule has 130 valence electrons. The molecular weight excluding hydrogens is 328 g/mol. The largest absolute Gasteiger partial charge is 0.316 e. The number of carbonyl (C=O) groups is 1. The predicted octanol–water partition coefficient (Wildman–Crippen LogP) is 5.13. The molecule has 3 aromatic carbocycles. The van der Waals surface area contributed by atoms with E-state index in [0.29, 0.717) is 11.1 Å². The number of nitrogens with zero attached hydrogens (tertiary/aromatic N) is 1. The molecular formula is C21H18N2O3. The fourth-order valence-electron chi connectivity index (χ4n) is 2.74. The molecule has 0 aromatic heterocycles. The van der Waals surface area contributed by atoms with Gasteiger partial charge in [0.05, 0.1) is 4.92 Å². The van der Waals surface area contributed by atoms with Crippen LogP contribution in [-0.4, -0.2) is 10.8 Å². The first-order valence-electron chi connectivity index (χ1n) is 8.19. The summed E-state index contributed by atoms with van der Waals surface area (Å²) in [6.45, 7) is 3.61. The number of hydrogen-bond acceptors (Lipinski definition) is 3. The Morgan fingerprint density at radius 3 is 2.12 bits per heavy atom. The molecule has 0 fully saturated rings. The Morgan fingerprint density at radius 2 is 1.50 bits per heavy atom. The zero-order chi connectivity index (χ0) is 18.7. The van der Waals surface area contributed by atoms with Gasteiger partial charge in [0.15, 0.2) is 0 Å². The molecule has 3 rings (SSSR count). The number of nitro groups is 1. The van der Waals surface area contributed by atoms with Gasteiger partial charge in [0.25, 0.3) is 11.6 Å². The molecule has 1 amide bonds. The molecule has 0 heterocycles. The summed E-state index contributed by atoms with van der Waals surface area (Å²) in [6.07, 6.45) is 0. The number of nitro benzene ring substituents is 1. The van der Waals surface area contributed by atoms with Gasteiger partial charge >= 0.3 is 0 Å². The number of amides is 1. The highest BCUT2D eigenvalue weighted by atomic mass is 16.6. The van der Waals surface area contributed by atoms with Crippen molar-refractivity contribution in [3.8, 4) is 11.1 Å². The number of rotatable bonds is 4. The van der Waals surface area contributed by atoms with E-state index >= 15 is 0 Å². The van der Waals surface area contributed by atoms with Crippen LogP contribution in [0.1, 0.15) is 21.5 Å². The topological polar surface area (TPSA) is 72.2 Å². The molecule has 5 heteroatoms. The molecule has 0 saturated heterocycles. The van der Waals surface area contributed by atoms with Crippen molar-refractivity contribution in [1.82, 2.24) is 0 Å². The van der Waals surface area contributed by atoms with E-state index in [4.69, 9.17) is 0 Å². The number of nitrogens with one attached hydrogen (secondary N) is 1. The lowest BCUT2D eigenvalue weighted by Gasteiger charge is -2.11. The maximum atomic E-state index is 12.6. The van der Waals surface area contributed by atoms with E-state index in [9.17, 15) is 14.9 Å². The molecule has 0 aliphatic heterocycles. The van der Waals surface area contributed by atoms with Gasteiger partial charge in [0, 0.05) is 11.6 Å². The van der Waals surface area contributed by atoms with Crippen molar-refractivity contribution in [2.75, 3.05) is 5.32 Å². The Kier molecular flexibility index (Phi) is 4.80. The third-order valence-corrected chi connectivity index (χ3v) is 4.40. The minimum absolute atomic E-state index is 0.109. The molecule has 0 saturated carbocycles. The summed E-state index contributed by atoms with van der Waals surface area (Å²) in [6, 6.07) is 20.1. The van der Waals surface area contributed by atoms with Crippen LogP contribution in [0.3, 0.4) is 0 Å². The van der Waals surface area contributed by atoms with Gasteiger partial charge in [-0.3, -0.25) is 14.9 Å². The predicted molar refractivity (Wildman–Crippen MR) is 102 cm³/mol. The number of anilines is 1. The Bertz CT molecular complexity index is 965. The molecule has 5 nitrogen and oxygen atoms in total. The second kappa shape index (κ2) is 7.19. The van der Waals surface area contributed by atoms with Gasteiger partial charge in [-0.1, -0.05) is 48.5 Å². The minimum Gasteiger partial charge on any atom is -0.316 e. The van der Waals surface area contributed by atoms with Gasteiger partial charge in [0.2, 0.25) is 0 Å². The van der Waals surface area contributed by atoms with Crippen molar-refractivity contribution in [1.29, 1.82) is 0 Å². The highest BCUT2D eigenvalue weighted by molar-refractivity contribution is 6.06. The van der Waals surface area contributed by atoms with Gasteiger partial charge in [-0.25, -0.2) is 0 Å². The lowest BCUT2D eigenvalue weighted by molar-refractivity contribution is -0.384. The number of benzene rings is 3. The molecule has 0 atom stereocenters. The maximum absolute atomic E-state index is 12.6. The third kappa shape index (κ3) is 3.47. The van der Waals surface area contributed by atoms with Crippen LogP contribution in [0.5, 0.6) is 0 Å². The van der Waals surface area contributed by atoms with Crippen LogP contribution in [0.15, 0.2) is 66.7 Å². The summed E-state index contributed by atoms with van der Waals surface area (Å²) in [5.41, 5.74) is 4.21. The van der Waals surface area contributed by atoms with E-state index < -0.39 is 4.92 Å². The van der Waals surface area contributed by atoms with Crippen molar-refractivity contribution in [2.45, 2.75) is 13.8 Å². The highest BCUT2D eigenvalue weighted by Crippen LogP contribution is 2.30. The Balaban J connectivity index is 1.87. The quantitative estimate of drug-likeness (QED) is 0.526. The van der Waals surface area contributed by atoms with Crippen LogP contribution in [0.2, 0.25) is 0 Å². The van der Waals surface area contributed by atoms with Crippen molar-refractivity contribution < 1.29 is 9.72 Å². The standard InChI is InChI=1S/C21H18N2O3/c1-14-8-13-19(23(25)26)20(15(14)2)22-21(24)18-11-9-17(10-12-18)16-6-4-3-5-7-16/h3-13H,1-2H3,(H,22,24). The summed E-state index contributed by atoms with van der Waals surface area (Å²) >= 11 is 0. The molecule has 0 unspecified atom stereocenters. The van der Waals surface area contributed by atoms with Crippen LogP contribution in [-0.2, 0) is 0 Å². The second-order valence-corrected chi connectivity index (χ2v) is 6.06. The summed E-state index contributed by atoms with van der Waals surface area (Å²) in [5, 5.41) is 14.0. The monoisotopic (exact) mass is 346 g/mol. The number of carbonyl (C=O) groups excluding carboxylic acids is 1. The van der Waals surface area contributed by atoms with E-state index in [1.165, 1.54) is 6.07 Å². The van der Waals surface area contributed by atoms with Gasteiger partial charge in [-0.2, -0.15) is 0 Å². The first kappa shape index (κ1) is 17.4. The van der Waals surface area contributed by atoms with E-state index in [1.54, 1.807) is 25.1 Å². The summed E-state index contributed by atoms with van der Waals surface area (Å²) < 4.78 is 0. The van der Waals surface area contributed by atoms with Crippen LogP contribution in [0.4, 0.5) is 11.4 Å². The minimum atomic E-state index is -0.486. The average Bonchev–Trinajstić information content (AvgIpc) is 2.66. The molecule has 0 aliphatic carbocycles. The third-order valence-electron chi connectivity index (χ3n) is 4.40. The Morgan fingerprint density at radius 1 is 0.885 bits per heavy atom. The van der Waals surface area contributed by atoms with Crippen molar-refractivity contribution in [2.24, 2.45) is 0 Å². The average molecular weight is 346 g/mol. The van der Waals surface area contributed by atoms with Crippen LogP contribution >= 0.6 is 0 Å². The van der Waals surface area contributed by atoms with Crippen molar-refractivity contribution >= 4 is 17.3 Å². The van der Waals surface area contributed by atoms with Crippen LogP contribution in [0, 0.1) is 24.0 Å². The molecule has 1 N–H and O–H groups in total. The zero-order valence-corrected chi connectivity index (χ0v) is 14.5. The van der Waals surface area contributed by atoms with E-state index in [0.717, 1.165) is 16.7 Å². The number of aryl methyl sites for hydroxylation is 1. The van der Waals surface area contributed by atoms with Crippen molar-refractivity contribution in [3.05, 3.63) is 93.5 Å². The van der Waals surface area contributed by atoms with E-state index in [1.807, 2.05) is 49.4 Å². The van der Waals surface area contributed by atoms with E-state index in [2.05, 4.69) is 5.32 Å². The molecule has 0 spiro atoms. The molecule has 0 bridgehead atoms. The molecule has 0 aliphatic rings. The SMILES string of the molecule is Cc1ccc([N+](=O)[O-])c(NC(=O)c2ccc(-c3ccccc3)cc2)c1C. The first-order chi connectivity index (χ1) is 12.5. The van der Waals surface area contributed by atoms with Gasteiger partial charge in [-0.15, -0.1) is 0 Å². The molecule has 26 heavy (non-hydrogen) atoms. The summed E-state index contributed by atoms with van der Waals surface area (Å²) in [5.74, 6) is -0.374. The Hall–Kier alpha value is -3.47. The lowest BCUT2D eigenvalue weighted by atomic mass is 10.0.